The summed E-state index contributed by atoms with van der Waals surface area (Å²) >= 11 is 1.53. The van der Waals surface area contributed by atoms with Crippen molar-refractivity contribution in [1.82, 2.24) is 0 Å². The van der Waals surface area contributed by atoms with E-state index in [1.807, 2.05) is 54.7 Å². The number of esters is 1. The van der Waals surface area contributed by atoms with Crippen molar-refractivity contribution in [1.29, 1.82) is 5.26 Å². The molecule has 0 saturated heterocycles. The summed E-state index contributed by atoms with van der Waals surface area (Å²) in [4.78, 5) is 13.4. The van der Waals surface area contributed by atoms with Crippen molar-refractivity contribution < 1.29 is 9.53 Å². The number of rotatable bonds is 6. The van der Waals surface area contributed by atoms with Crippen LogP contribution in [0, 0.1) is 11.5 Å². The van der Waals surface area contributed by atoms with Crippen LogP contribution in [0.15, 0.2) is 64.4 Å². The first-order valence-electron chi connectivity index (χ1n) is 7.10. The summed E-state index contributed by atoms with van der Waals surface area (Å²) in [5.41, 5.74) is 1.67. The lowest BCUT2D eigenvalue weighted by molar-refractivity contribution is -0.137. The predicted octanol–water partition coefficient (Wildman–Crippen LogP) is 4.31. The fourth-order valence-electron chi connectivity index (χ4n) is 1.90. The SMILES string of the molecule is CCOC(=O)/C=C/c1ccccc1Sc1ccccc1NC#N. The van der Waals surface area contributed by atoms with Gasteiger partial charge < -0.3 is 4.74 Å². The Morgan fingerprint density at radius 1 is 1.22 bits per heavy atom. The molecule has 0 aliphatic carbocycles. The van der Waals surface area contributed by atoms with Gasteiger partial charge in [0, 0.05) is 15.9 Å². The van der Waals surface area contributed by atoms with Gasteiger partial charge in [-0.05, 0) is 36.8 Å². The van der Waals surface area contributed by atoms with Gasteiger partial charge in [0.15, 0.2) is 6.19 Å². The molecule has 0 bridgehead atoms. The van der Waals surface area contributed by atoms with Crippen molar-refractivity contribution in [3.63, 3.8) is 0 Å². The summed E-state index contributed by atoms with van der Waals surface area (Å²) in [5, 5.41) is 11.5. The normalized spacial score (nSPS) is 10.3. The van der Waals surface area contributed by atoms with Crippen LogP contribution in [0.2, 0.25) is 0 Å². The number of carbonyl (C=O) groups excluding carboxylic acids is 1. The number of nitrogens with zero attached hydrogens (tertiary/aromatic N) is 1. The third-order valence-electron chi connectivity index (χ3n) is 2.90. The average molecular weight is 324 g/mol. The number of carbonyl (C=O) groups is 1. The molecule has 5 heteroatoms. The molecule has 116 valence electrons. The van der Waals surface area contributed by atoms with Crippen LogP contribution in [0.25, 0.3) is 6.08 Å². The zero-order valence-corrected chi connectivity index (χ0v) is 13.5. The maximum Gasteiger partial charge on any atom is 0.330 e. The van der Waals surface area contributed by atoms with E-state index >= 15 is 0 Å². The lowest BCUT2D eigenvalue weighted by Gasteiger charge is -2.09. The van der Waals surface area contributed by atoms with Gasteiger partial charge in [0.2, 0.25) is 0 Å². The van der Waals surface area contributed by atoms with E-state index in [9.17, 15) is 4.79 Å². The molecule has 2 aromatic rings. The highest BCUT2D eigenvalue weighted by atomic mass is 32.2. The van der Waals surface area contributed by atoms with E-state index in [1.54, 1.807) is 13.0 Å². The first-order chi connectivity index (χ1) is 11.2. The van der Waals surface area contributed by atoms with E-state index < -0.39 is 0 Å². The number of hydrogen-bond donors (Lipinski definition) is 1. The Bertz CT molecular complexity index is 751. The zero-order chi connectivity index (χ0) is 16.5. The zero-order valence-electron chi connectivity index (χ0n) is 12.7. The number of nitriles is 1. The second-order valence-corrected chi connectivity index (χ2v) is 5.54. The molecule has 4 nitrogen and oxygen atoms in total. The third-order valence-corrected chi connectivity index (χ3v) is 4.07. The van der Waals surface area contributed by atoms with E-state index in [2.05, 4.69) is 5.32 Å². The largest absolute Gasteiger partial charge is 0.463 e. The number of para-hydroxylation sites is 1. The summed E-state index contributed by atoms with van der Waals surface area (Å²) in [6.07, 6.45) is 5.10. The first kappa shape index (κ1) is 16.7. The number of ether oxygens (including phenoxy) is 1. The quantitative estimate of drug-likeness (QED) is 0.371. The molecular weight excluding hydrogens is 308 g/mol. The molecule has 0 aliphatic heterocycles. The topological polar surface area (TPSA) is 62.1 Å². The van der Waals surface area contributed by atoms with Gasteiger partial charge in [-0.25, -0.2) is 4.79 Å². The minimum absolute atomic E-state index is 0.354. The van der Waals surface area contributed by atoms with E-state index in [1.165, 1.54) is 17.8 Å². The van der Waals surface area contributed by atoms with Crippen molar-refractivity contribution in [2.45, 2.75) is 16.7 Å². The Hall–Kier alpha value is -2.71. The average Bonchev–Trinajstić information content (AvgIpc) is 2.56. The first-order valence-corrected chi connectivity index (χ1v) is 7.92. The second kappa shape index (κ2) is 8.66. The van der Waals surface area contributed by atoms with Crippen LogP contribution in [0.1, 0.15) is 12.5 Å². The summed E-state index contributed by atoms with van der Waals surface area (Å²) in [6.45, 7) is 2.13. The highest BCUT2D eigenvalue weighted by Crippen LogP contribution is 2.35. The van der Waals surface area contributed by atoms with Gasteiger partial charge in [-0.2, -0.15) is 5.26 Å². The van der Waals surface area contributed by atoms with Crippen LogP contribution >= 0.6 is 11.8 Å². The highest BCUT2D eigenvalue weighted by Gasteiger charge is 2.06. The molecule has 0 heterocycles. The van der Waals surface area contributed by atoms with E-state index in [-0.39, 0.29) is 5.97 Å². The molecule has 0 atom stereocenters. The minimum Gasteiger partial charge on any atom is -0.463 e. The van der Waals surface area contributed by atoms with Crippen molar-refractivity contribution in [2.24, 2.45) is 0 Å². The van der Waals surface area contributed by atoms with E-state index in [0.29, 0.717) is 6.61 Å². The predicted molar refractivity (Wildman–Crippen MR) is 91.9 cm³/mol. The van der Waals surface area contributed by atoms with Crippen LogP contribution < -0.4 is 5.32 Å². The molecule has 0 fully saturated rings. The van der Waals surface area contributed by atoms with Gasteiger partial charge in [0.1, 0.15) is 0 Å². The molecule has 2 aromatic carbocycles. The second-order valence-electron chi connectivity index (χ2n) is 4.46. The maximum absolute atomic E-state index is 11.5. The van der Waals surface area contributed by atoms with Crippen LogP contribution in [0.5, 0.6) is 0 Å². The van der Waals surface area contributed by atoms with Gasteiger partial charge in [0.05, 0.1) is 12.3 Å². The molecule has 2 rings (SSSR count). The maximum atomic E-state index is 11.5. The molecule has 0 aromatic heterocycles. The van der Waals surface area contributed by atoms with E-state index in [4.69, 9.17) is 10.00 Å². The molecule has 0 unspecified atom stereocenters. The van der Waals surface area contributed by atoms with Crippen molar-refractivity contribution in [3.05, 3.63) is 60.2 Å². The fourth-order valence-corrected chi connectivity index (χ4v) is 2.91. The van der Waals surface area contributed by atoms with Gasteiger partial charge >= 0.3 is 5.97 Å². The lowest BCUT2D eigenvalue weighted by atomic mass is 10.2. The standard InChI is InChI=1S/C18H16N2O2S/c1-2-22-18(21)12-11-14-7-3-5-9-16(14)23-17-10-6-4-8-15(17)20-13-19/h3-12,20H,2H2,1H3/b12-11+. The van der Waals surface area contributed by atoms with Gasteiger partial charge in [-0.15, -0.1) is 0 Å². The molecule has 0 aliphatic rings. The minimum atomic E-state index is -0.362. The summed E-state index contributed by atoms with van der Waals surface area (Å²) in [5.74, 6) is -0.362. The molecular formula is C18H16N2O2S. The lowest BCUT2D eigenvalue weighted by Crippen LogP contribution is -1.98. The number of nitrogens with one attached hydrogen (secondary N) is 1. The Morgan fingerprint density at radius 3 is 2.65 bits per heavy atom. The van der Waals surface area contributed by atoms with Crippen LogP contribution in [-0.2, 0) is 9.53 Å². The summed E-state index contributed by atoms with van der Waals surface area (Å²) in [6, 6.07) is 15.3. The molecule has 0 spiro atoms. The molecule has 1 N–H and O–H groups in total. The smallest absolute Gasteiger partial charge is 0.330 e. The Labute approximate surface area is 139 Å². The number of anilines is 1. The van der Waals surface area contributed by atoms with Crippen LogP contribution in [0.4, 0.5) is 5.69 Å². The third kappa shape index (κ3) is 4.90. The Balaban J connectivity index is 2.25. The van der Waals surface area contributed by atoms with Gasteiger partial charge in [-0.3, -0.25) is 5.32 Å². The Morgan fingerprint density at radius 2 is 1.91 bits per heavy atom. The Kier molecular flexibility index (Phi) is 6.28. The summed E-state index contributed by atoms with van der Waals surface area (Å²) < 4.78 is 4.89. The fraction of sp³-hybridized carbons (Fsp3) is 0.111. The van der Waals surface area contributed by atoms with Gasteiger partial charge in [-0.1, -0.05) is 42.1 Å². The van der Waals surface area contributed by atoms with Crippen molar-refractivity contribution >= 4 is 29.5 Å². The molecule has 0 saturated carbocycles. The van der Waals surface area contributed by atoms with E-state index in [0.717, 1.165) is 21.0 Å². The number of hydrogen-bond acceptors (Lipinski definition) is 5. The van der Waals surface area contributed by atoms with Crippen molar-refractivity contribution in [2.75, 3.05) is 11.9 Å². The molecule has 0 radical (unpaired) electrons. The van der Waals surface area contributed by atoms with Crippen molar-refractivity contribution in [3.8, 4) is 6.19 Å². The van der Waals surface area contributed by atoms with Crippen LogP contribution in [0.3, 0.4) is 0 Å². The monoisotopic (exact) mass is 324 g/mol. The van der Waals surface area contributed by atoms with Crippen LogP contribution in [-0.4, -0.2) is 12.6 Å². The molecule has 0 amide bonds. The summed E-state index contributed by atoms with van der Waals surface area (Å²) in [7, 11) is 0. The van der Waals surface area contributed by atoms with Gasteiger partial charge in [0.25, 0.3) is 0 Å². The number of benzene rings is 2. The molecule has 23 heavy (non-hydrogen) atoms. The highest BCUT2D eigenvalue weighted by molar-refractivity contribution is 7.99.